The van der Waals surface area contributed by atoms with Gasteiger partial charge in [-0.3, -0.25) is 4.79 Å². The van der Waals surface area contributed by atoms with Gasteiger partial charge in [0, 0.05) is 18.5 Å². The molecule has 1 saturated carbocycles. The largest absolute Gasteiger partial charge is 0.394 e. The molecule has 0 bridgehead atoms. The average molecular weight is 297 g/mol. The molecule has 0 unspecified atom stereocenters. The second kappa shape index (κ2) is 7.59. The molecule has 4 nitrogen and oxygen atoms in total. The lowest BCUT2D eigenvalue weighted by Gasteiger charge is -2.39. The molecule has 122 valence electrons. The molecule has 1 heterocycles. The van der Waals surface area contributed by atoms with Gasteiger partial charge in [0.25, 0.3) is 0 Å². The number of aliphatic hydroxyl groups excluding tert-OH is 1. The molecule has 1 saturated heterocycles. The van der Waals surface area contributed by atoms with Crippen molar-refractivity contribution in [1.29, 1.82) is 0 Å². The third-order valence-electron chi connectivity index (χ3n) is 4.99. The van der Waals surface area contributed by atoms with Crippen LogP contribution in [0.5, 0.6) is 0 Å². The van der Waals surface area contributed by atoms with E-state index in [0.717, 1.165) is 45.2 Å². The highest BCUT2D eigenvalue weighted by Gasteiger charge is 2.44. The summed E-state index contributed by atoms with van der Waals surface area (Å²) >= 11 is 0. The summed E-state index contributed by atoms with van der Waals surface area (Å²) in [5.41, 5.74) is -0.0764. The fourth-order valence-corrected chi connectivity index (χ4v) is 4.12. The van der Waals surface area contributed by atoms with Crippen LogP contribution >= 0.6 is 0 Å². The van der Waals surface area contributed by atoms with Crippen molar-refractivity contribution < 1.29 is 14.6 Å². The first-order valence-electron chi connectivity index (χ1n) is 8.59. The number of nitrogens with zero attached hydrogens (tertiary/aromatic N) is 1. The first kappa shape index (κ1) is 16.8. The quantitative estimate of drug-likeness (QED) is 0.820. The Morgan fingerprint density at radius 2 is 1.90 bits per heavy atom. The predicted molar refractivity (Wildman–Crippen MR) is 83.0 cm³/mol. The lowest BCUT2D eigenvalue weighted by molar-refractivity contribution is -0.145. The van der Waals surface area contributed by atoms with Crippen LogP contribution in [0.4, 0.5) is 0 Å². The number of aliphatic hydroxyl groups is 1. The normalized spacial score (nSPS) is 23.0. The van der Waals surface area contributed by atoms with Gasteiger partial charge < -0.3 is 14.7 Å². The number of carbonyl (C=O) groups excluding carboxylic acids is 1. The number of carbonyl (C=O) groups is 1. The number of rotatable bonds is 6. The van der Waals surface area contributed by atoms with Crippen molar-refractivity contribution >= 4 is 5.91 Å². The van der Waals surface area contributed by atoms with E-state index in [0.29, 0.717) is 18.4 Å². The Labute approximate surface area is 128 Å². The van der Waals surface area contributed by atoms with Crippen LogP contribution in [0.2, 0.25) is 0 Å². The topological polar surface area (TPSA) is 49.8 Å². The molecule has 2 aliphatic rings. The van der Waals surface area contributed by atoms with Crippen LogP contribution < -0.4 is 0 Å². The molecule has 1 aliphatic carbocycles. The summed E-state index contributed by atoms with van der Waals surface area (Å²) in [6.45, 7) is 6.57. The second-order valence-electron chi connectivity index (χ2n) is 7.17. The molecule has 2 rings (SSSR count). The Kier molecular flexibility index (Phi) is 6.06. The monoisotopic (exact) mass is 297 g/mol. The van der Waals surface area contributed by atoms with E-state index < -0.39 is 0 Å². The Balaban J connectivity index is 1.90. The van der Waals surface area contributed by atoms with Crippen LogP contribution in [-0.2, 0) is 9.53 Å². The van der Waals surface area contributed by atoms with Crippen LogP contribution in [0.1, 0.15) is 58.8 Å². The molecule has 0 radical (unpaired) electrons. The van der Waals surface area contributed by atoms with E-state index in [1.807, 2.05) is 0 Å². The highest BCUT2D eigenvalue weighted by atomic mass is 16.5. The van der Waals surface area contributed by atoms with Gasteiger partial charge in [-0.25, -0.2) is 0 Å². The van der Waals surface area contributed by atoms with Crippen molar-refractivity contribution in [2.45, 2.75) is 64.9 Å². The number of amides is 1. The van der Waals surface area contributed by atoms with E-state index in [9.17, 15) is 4.79 Å². The molecule has 2 fully saturated rings. The van der Waals surface area contributed by atoms with E-state index in [1.165, 1.54) is 12.8 Å². The minimum atomic E-state index is -0.0764. The van der Waals surface area contributed by atoms with Gasteiger partial charge in [-0.2, -0.15) is 0 Å². The summed E-state index contributed by atoms with van der Waals surface area (Å²) in [5.74, 6) is 0.979. The van der Waals surface area contributed by atoms with Crippen molar-refractivity contribution in [2.75, 3.05) is 26.3 Å². The van der Waals surface area contributed by atoms with Crippen LogP contribution in [0, 0.1) is 11.3 Å². The lowest BCUT2D eigenvalue weighted by atomic mass is 9.77. The average Bonchev–Trinajstić information content (AvgIpc) is 2.93. The fraction of sp³-hybridized carbons (Fsp3) is 0.941. The van der Waals surface area contributed by atoms with E-state index in [1.54, 1.807) is 0 Å². The molecule has 1 N–H and O–H groups in total. The zero-order chi connectivity index (χ0) is 15.3. The maximum Gasteiger partial charge on any atom is 0.228 e. The van der Waals surface area contributed by atoms with Crippen molar-refractivity contribution in [1.82, 2.24) is 4.90 Å². The fourth-order valence-electron chi connectivity index (χ4n) is 4.12. The molecule has 1 aliphatic heterocycles. The lowest BCUT2D eigenvalue weighted by Crippen LogP contribution is -2.48. The van der Waals surface area contributed by atoms with Crippen LogP contribution in [0.15, 0.2) is 0 Å². The molecular weight excluding hydrogens is 266 g/mol. The summed E-state index contributed by atoms with van der Waals surface area (Å²) in [6, 6.07) is 0. The van der Waals surface area contributed by atoms with E-state index in [-0.39, 0.29) is 18.1 Å². The standard InChI is InChI=1S/C17H31NO3/c1-14(2)13-17(7-3-4-8-17)16(20)18-9-5-15(6-10-18)21-12-11-19/h14-15,19H,3-13H2,1-2H3. The molecule has 0 aromatic carbocycles. The maximum atomic E-state index is 13.0. The Hall–Kier alpha value is -0.610. The van der Waals surface area contributed by atoms with Crippen LogP contribution in [0.3, 0.4) is 0 Å². The predicted octanol–water partition coefficient (Wildman–Crippen LogP) is 2.59. The van der Waals surface area contributed by atoms with Crippen molar-refractivity contribution in [3.63, 3.8) is 0 Å². The second-order valence-corrected chi connectivity index (χ2v) is 7.17. The Morgan fingerprint density at radius 3 is 2.43 bits per heavy atom. The molecule has 0 aromatic rings. The van der Waals surface area contributed by atoms with E-state index in [4.69, 9.17) is 9.84 Å². The van der Waals surface area contributed by atoms with Gasteiger partial charge in [-0.05, 0) is 38.0 Å². The van der Waals surface area contributed by atoms with Crippen LogP contribution in [-0.4, -0.2) is 48.3 Å². The number of piperidine rings is 1. The number of hydrogen-bond acceptors (Lipinski definition) is 3. The molecule has 0 spiro atoms. The molecular formula is C17H31NO3. The summed E-state index contributed by atoms with van der Waals surface area (Å²) in [7, 11) is 0. The van der Waals surface area contributed by atoms with Crippen molar-refractivity contribution in [3.8, 4) is 0 Å². The molecule has 4 heteroatoms. The van der Waals surface area contributed by atoms with Crippen LogP contribution in [0.25, 0.3) is 0 Å². The summed E-state index contributed by atoms with van der Waals surface area (Å²) < 4.78 is 5.59. The first-order valence-corrected chi connectivity index (χ1v) is 8.59. The number of ether oxygens (including phenoxy) is 1. The minimum Gasteiger partial charge on any atom is -0.394 e. The SMILES string of the molecule is CC(C)CC1(C(=O)N2CCC(OCCO)CC2)CCCC1. The smallest absolute Gasteiger partial charge is 0.228 e. The van der Waals surface area contributed by atoms with Gasteiger partial charge in [-0.15, -0.1) is 0 Å². The highest BCUT2D eigenvalue weighted by molar-refractivity contribution is 5.83. The van der Waals surface area contributed by atoms with Gasteiger partial charge in [0.2, 0.25) is 5.91 Å². The molecule has 0 aromatic heterocycles. The zero-order valence-electron chi connectivity index (χ0n) is 13.6. The van der Waals surface area contributed by atoms with Gasteiger partial charge in [0.05, 0.1) is 19.3 Å². The van der Waals surface area contributed by atoms with Gasteiger partial charge in [0.1, 0.15) is 0 Å². The van der Waals surface area contributed by atoms with E-state index >= 15 is 0 Å². The Morgan fingerprint density at radius 1 is 1.29 bits per heavy atom. The van der Waals surface area contributed by atoms with Gasteiger partial charge in [0.15, 0.2) is 0 Å². The number of likely N-dealkylation sites (tertiary alicyclic amines) is 1. The maximum absolute atomic E-state index is 13.0. The summed E-state index contributed by atoms with van der Waals surface area (Å²) in [6.07, 6.45) is 7.62. The Bertz CT molecular complexity index is 329. The van der Waals surface area contributed by atoms with Gasteiger partial charge in [-0.1, -0.05) is 26.7 Å². The third-order valence-corrected chi connectivity index (χ3v) is 4.99. The summed E-state index contributed by atoms with van der Waals surface area (Å²) in [5, 5.41) is 8.81. The van der Waals surface area contributed by atoms with Crippen molar-refractivity contribution in [3.05, 3.63) is 0 Å². The molecule has 1 amide bonds. The summed E-state index contributed by atoms with van der Waals surface area (Å²) in [4.78, 5) is 15.1. The van der Waals surface area contributed by atoms with E-state index in [2.05, 4.69) is 18.7 Å². The first-order chi connectivity index (χ1) is 10.1. The van der Waals surface area contributed by atoms with Crippen molar-refractivity contribution in [2.24, 2.45) is 11.3 Å². The molecule has 21 heavy (non-hydrogen) atoms. The molecule has 0 atom stereocenters. The highest BCUT2D eigenvalue weighted by Crippen LogP contribution is 2.45. The number of hydrogen-bond donors (Lipinski definition) is 1. The minimum absolute atomic E-state index is 0.0764. The third kappa shape index (κ3) is 4.19. The zero-order valence-corrected chi connectivity index (χ0v) is 13.6. The van der Waals surface area contributed by atoms with Gasteiger partial charge >= 0.3 is 0 Å².